The zero-order valence-corrected chi connectivity index (χ0v) is 12.1. The molecule has 2 aliphatic carbocycles. The minimum atomic E-state index is 0.169. The summed E-state index contributed by atoms with van der Waals surface area (Å²) in [5.74, 6) is 0. The molecule has 0 aromatic rings. The van der Waals surface area contributed by atoms with E-state index in [4.69, 9.17) is 0 Å². The standard InChI is InChI=1S/C17H24/c1-11-7-8-12(2)15(11)17(5,6)16-13(3)9-10-14(16)4/h7,9H,8,10H2,1-6H3. The van der Waals surface area contributed by atoms with Crippen molar-refractivity contribution in [2.45, 2.75) is 54.4 Å². The summed E-state index contributed by atoms with van der Waals surface area (Å²) in [5.41, 5.74) is 9.37. The highest BCUT2D eigenvalue weighted by Gasteiger charge is 2.34. The van der Waals surface area contributed by atoms with Gasteiger partial charge in [-0.15, -0.1) is 0 Å². The Kier molecular flexibility index (Phi) is 2.93. The molecule has 0 spiro atoms. The molecule has 0 saturated heterocycles. The smallest absolute Gasteiger partial charge is 0.0150 e. The lowest BCUT2D eigenvalue weighted by Gasteiger charge is -2.32. The van der Waals surface area contributed by atoms with Gasteiger partial charge in [0.15, 0.2) is 0 Å². The third-order valence-corrected chi connectivity index (χ3v) is 4.32. The third kappa shape index (κ3) is 1.84. The van der Waals surface area contributed by atoms with Gasteiger partial charge in [-0.25, -0.2) is 0 Å². The second-order valence-electron chi connectivity index (χ2n) is 6.12. The van der Waals surface area contributed by atoms with Crippen molar-refractivity contribution in [1.82, 2.24) is 0 Å². The van der Waals surface area contributed by atoms with Crippen LogP contribution in [0.3, 0.4) is 0 Å². The predicted molar refractivity (Wildman–Crippen MR) is 75.9 cm³/mol. The summed E-state index contributed by atoms with van der Waals surface area (Å²) in [6, 6.07) is 0. The highest BCUT2D eigenvalue weighted by molar-refractivity contribution is 5.55. The molecule has 0 heteroatoms. The van der Waals surface area contributed by atoms with E-state index >= 15 is 0 Å². The Morgan fingerprint density at radius 1 is 0.765 bits per heavy atom. The summed E-state index contributed by atoms with van der Waals surface area (Å²) in [6.07, 6.45) is 7.02. The van der Waals surface area contributed by atoms with E-state index < -0.39 is 0 Å². The first-order valence-corrected chi connectivity index (χ1v) is 6.60. The molecular formula is C17H24. The zero-order chi connectivity index (χ0) is 12.8. The fraction of sp³-hybridized carbons (Fsp3) is 0.529. The van der Waals surface area contributed by atoms with E-state index in [2.05, 4.69) is 53.7 Å². The van der Waals surface area contributed by atoms with Crippen molar-refractivity contribution in [2.24, 2.45) is 5.41 Å². The van der Waals surface area contributed by atoms with Gasteiger partial charge in [0.2, 0.25) is 0 Å². The van der Waals surface area contributed by atoms with Gasteiger partial charge in [0, 0.05) is 5.41 Å². The molecule has 0 amide bonds. The molecule has 0 heterocycles. The summed E-state index contributed by atoms with van der Waals surface area (Å²) in [7, 11) is 0. The first-order valence-electron chi connectivity index (χ1n) is 6.60. The van der Waals surface area contributed by atoms with Crippen LogP contribution in [0.4, 0.5) is 0 Å². The second kappa shape index (κ2) is 4.01. The van der Waals surface area contributed by atoms with E-state index in [1.165, 1.54) is 11.1 Å². The third-order valence-electron chi connectivity index (χ3n) is 4.32. The molecular weight excluding hydrogens is 204 g/mol. The van der Waals surface area contributed by atoms with Crippen LogP contribution in [0.15, 0.2) is 45.6 Å². The minimum Gasteiger partial charge on any atom is -0.0772 e. The van der Waals surface area contributed by atoms with E-state index in [9.17, 15) is 0 Å². The van der Waals surface area contributed by atoms with Crippen LogP contribution in [-0.2, 0) is 0 Å². The van der Waals surface area contributed by atoms with Crippen molar-refractivity contribution in [2.75, 3.05) is 0 Å². The van der Waals surface area contributed by atoms with Gasteiger partial charge >= 0.3 is 0 Å². The van der Waals surface area contributed by atoms with Crippen LogP contribution in [0.5, 0.6) is 0 Å². The van der Waals surface area contributed by atoms with Gasteiger partial charge in [0.25, 0.3) is 0 Å². The maximum Gasteiger partial charge on any atom is 0.0150 e. The van der Waals surface area contributed by atoms with Crippen molar-refractivity contribution in [3.63, 3.8) is 0 Å². The van der Waals surface area contributed by atoms with Gasteiger partial charge < -0.3 is 0 Å². The van der Waals surface area contributed by atoms with Crippen LogP contribution in [0.25, 0.3) is 0 Å². The fourth-order valence-corrected chi connectivity index (χ4v) is 3.87. The molecule has 0 bridgehead atoms. The van der Waals surface area contributed by atoms with E-state index in [1.54, 1.807) is 22.3 Å². The van der Waals surface area contributed by atoms with Crippen LogP contribution >= 0.6 is 0 Å². The summed E-state index contributed by atoms with van der Waals surface area (Å²) >= 11 is 0. The van der Waals surface area contributed by atoms with Crippen molar-refractivity contribution in [1.29, 1.82) is 0 Å². The van der Waals surface area contributed by atoms with Crippen molar-refractivity contribution >= 4 is 0 Å². The van der Waals surface area contributed by atoms with Gasteiger partial charge in [-0.2, -0.15) is 0 Å². The molecule has 0 aromatic carbocycles. The van der Waals surface area contributed by atoms with E-state index in [0.29, 0.717) is 0 Å². The van der Waals surface area contributed by atoms with Gasteiger partial charge in [0.05, 0.1) is 0 Å². The Balaban J connectivity index is 2.52. The molecule has 17 heavy (non-hydrogen) atoms. The highest BCUT2D eigenvalue weighted by atomic mass is 14.4. The van der Waals surface area contributed by atoms with Gasteiger partial charge in [-0.1, -0.05) is 48.3 Å². The van der Waals surface area contributed by atoms with E-state index in [-0.39, 0.29) is 5.41 Å². The molecule has 0 fully saturated rings. The van der Waals surface area contributed by atoms with Crippen molar-refractivity contribution in [3.05, 3.63) is 45.6 Å². The maximum absolute atomic E-state index is 2.38. The van der Waals surface area contributed by atoms with Gasteiger partial charge in [-0.05, 0) is 51.7 Å². The van der Waals surface area contributed by atoms with Crippen molar-refractivity contribution in [3.8, 4) is 0 Å². The Labute approximate surface area is 106 Å². The lowest BCUT2D eigenvalue weighted by Crippen LogP contribution is -2.20. The average Bonchev–Trinajstić information content (AvgIpc) is 2.71. The average molecular weight is 228 g/mol. The Bertz CT molecular complexity index is 432. The molecule has 0 N–H and O–H groups in total. The van der Waals surface area contributed by atoms with Crippen LogP contribution in [-0.4, -0.2) is 0 Å². The van der Waals surface area contributed by atoms with Crippen LogP contribution in [0, 0.1) is 5.41 Å². The molecule has 0 unspecified atom stereocenters. The molecule has 0 saturated carbocycles. The topological polar surface area (TPSA) is 0 Å². The summed E-state index contributed by atoms with van der Waals surface area (Å²) in [5, 5.41) is 0. The van der Waals surface area contributed by atoms with Crippen molar-refractivity contribution < 1.29 is 0 Å². The van der Waals surface area contributed by atoms with Crippen LogP contribution in [0.1, 0.15) is 54.4 Å². The normalized spacial score (nSPS) is 21.3. The number of rotatable bonds is 2. The monoisotopic (exact) mass is 228 g/mol. The number of hydrogen-bond donors (Lipinski definition) is 0. The first-order chi connectivity index (χ1) is 7.85. The second-order valence-corrected chi connectivity index (χ2v) is 6.12. The molecule has 0 nitrogen and oxygen atoms in total. The minimum absolute atomic E-state index is 0.169. The zero-order valence-electron chi connectivity index (χ0n) is 12.1. The summed E-state index contributed by atoms with van der Waals surface area (Å²) in [4.78, 5) is 0. The van der Waals surface area contributed by atoms with Crippen LogP contribution < -0.4 is 0 Å². The van der Waals surface area contributed by atoms with Gasteiger partial charge in [0.1, 0.15) is 0 Å². The predicted octanol–water partition coefficient (Wildman–Crippen LogP) is 5.35. The molecule has 0 aliphatic heterocycles. The lowest BCUT2D eigenvalue weighted by molar-refractivity contribution is 0.545. The van der Waals surface area contributed by atoms with E-state index in [1.807, 2.05) is 0 Å². The Morgan fingerprint density at radius 2 is 1.12 bits per heavy atom. The molecule has 0 atom stereocenters. The van der Waals surface area contributed by atoms with E-state index in [0.717, 1.165) is 12.8 Å². The lowest BCUT2D eigenvalue weighted by atomic mass is 9.71. The molecule has 92 valence electrons. The summed E-state index contributed by atoms with van der Waals surface area (Å²) in [6.45, 7) is 13.9. The molecule has 0 aromatic heterocycles. The SMILES string of the molecule is CC1=CCC(C)=C1C(C)(C)C1=C(C)CC=C1C. The molecule has 2 aliphatic rings. The first kappa shape index (κ1) is 12.4. The van der Waals surface area contributed by atoms with Gasteiger partial charge in [-0.3, -0.25) is 0 Å². The maximum atomic E-state index is 2.38. The van der Waals surface area contributed by atoms with Crippen LogP contribution in [0.2, 0.25) is 0 Å². The quantitative estimate of drug-likeness (QED) is 0.598. The number of hydrogen-bond acceptors (Lipinski definition) is 0. The molecule has 2 rings (SSSR count). The number of allylic oxidation sites excluding steroid dienone is 8. The summed E-state index contributed by atoms with van der Waals surface area (Å²) < 4.78 is 0. The largest absolute Gasteiger partial charge is 0.0772 e. The highest BCUT2D eigenvalue weighted by Crippen LogP contribution is 2.49. The fourth-order valence-electron chi connectivity index (χ4n) is 3.87. The Morgan fingerprint density at radius 3 is 1.35 bits per heavy atom. The Hall–Kier alpha value is -1.04. The molecule has 0 radical (unpaired) electrons.